The molecule has 0 aliphatic carbocycles. The number of nitrogens with zero attached hydrogens (tertiary/aromatic N) is 3. The van der Waals surface area contributed by atoms with Crippen LogP contribution in [0.3, 0.4) is 0 Å². The third-order valence-electron chi connectivity index (χ3n) is 2.30. The molecule has 0 amide bonds. The first-order valence-corrected chi connectivity index (χ1v) is 4.54. The van der Waals surface area contributed by atoms with Gasteiger partial charge in [-0.1, -0.05) is 0 Å². The predicted molar refractivity (Wildman–Crippen MR) is 52.6 cm³/mol. The highest BCUT2D eigenvalue weighted by molar-refractivity contribution is 6.06. The minimum Gasteiger partial charge on any atom is -0.449 e. The van der Waals surface area contributed by atoms with Crippen LogP contribution in [0.5, 0.6) is 0 Å². The molecule has 0 saturated heterocycles. The average molecular weight is 205 g/mol. The number of oxazole rings is 1. The number of carbonyl (C=O) groups excluding carboxylic acids is 1. The molecule has 0 aliphatic rings. The van der Waals surface area contributed by atoms with Gasteiger partial charge in [0, 0.05) is 14.0 Å². The van der Waals surface area contributed by atoms with Gasteiger partial charge in [0.15, 0.2) is 11.6 Å². The van der Waals surface area contributed by atoms with Crippen molar-refractivity contribution in [3.05, 3.63) is 35.6 Å². The second kappa shape index (κ2) is 3.34. The van der Waals surface area contributed by atoms with E-state index in [9.17, 15) is 4.79 Å². The van der Waals surface area contributed by atoms with E-state index in [4.69, 9.17) is 4.42 Å². The quantitative estimate of drug-likeness (QED) is 0.692. The van der Waals surface area contributed by atoms with E-state index in [2.05, 4.69) is 9.97 Å². The van der Waals surface area contributed by atoms with Gasteiger partial charge in [-0.05, 0) is 6.92 Å². The molecule has 0 radical (unpaired) electrons. The maximum atomic E-state index is 11.9. The van der Waals surface area contributed by atoms with E-state index in [1.54, 1.807) is 24.7 Å². The zero-order valence-corrected chi connectivity index (χ0v) is 8.81. The minimum atomic E-state index is -0.171. The summed E-state index contributed by atoms with van der Waals surface area (Å²) in [7, 11) is 1.79. The van der Waals surface area contributed by atoms with E-state index in [-0.39, 0.29) is 5.78 Å². The van der Waals surface area contributed by atoms with Crippen LogP contribution >= 0.6 is 0 Å². The molecule has 0 saturated carbocycles. The van der Waals surface area contributed by atoms with Crippen molar-refractivity contribution in [2.45, 2.75) is 13.8 Å². The van der Waals surface area contributed by atoms with Crippen molar-refractivity contribution in [1.29, 1.82) is 0 Å². The Kier molecular flexibility index (Phi) is 2.15. The van der Waals surface area contributed by atoms with Crippen LogP contribution in [-0.2, 0) is 7.05 Å². The van der Waals surface area contributed by atoms with Crippen LogP contribution in [0.15, 0.2) is 16.9 Å². The van der Waals surface area contributed by atoms with E-state index < -0.39 is 0 Å². The number of rotatable bonds is 2. The first-order valence-electron chi connectivity index (χ1n) is 4.54. The maximum absolute atomic E-state index is 11.9. The van der Waals surface area contributed by atoms with Crippen molar-refractivity contribution in [2.24, 2.45) is 7.05 Å². The van der Waals surface area contributed by atoms with Crippen LogP contribution < -0.4 is 0 Å². The fourth-order valence-corrected chi connectivity index (χ4v) is 1.31. The Bertz CT molecular complexity index is 510. The lowest BCUT2D eigenvalue weighted by Crippen LogP contribution is -2.08. The van der Waals surface area contributed by atoms with Gasteiger partial charge in [-0.15, -0.1) is 0 Å². The molecule has 0 atom stereocenters. The molecule has 0 bridgehead atoms. The van der Waals surface area contributed by atoms with Crippen LogP contribution in [0.2, 0.25) is 0 Å². The molecular formula is C10H11N3O2. The molecule has 0 spiro atoms. The van der Waals surface area contributed by atoms with E-state index in [0.29, 0.717) is 17.3 Å². The maximum Gasteiger partial charge on any atom is 0.232 e. The summed E-state index contributed by atoms with van der Waals surface area (Å²) in [6, 6.07) is 0. The lowest BCUT2D eigenvalue weighted by molar-refractivity contribution is 0.102. The fraction of sp³-hybridized carbons (Fsp3) is 0.300. The number of hydrogen-bond acceptors (Lipinski definition) is 4. The topological polar surface area (TPSA) is 60.9 Å². The highest BCUT2D eigenvalue weighted by Crippen LogP contribution is 2.10. The highest BCUT2D eigenvalue weighted by atomic mass is 16.3. The Balaban J connectivity index is 2.41. The van der Waals surface area contributed by atoms with Crippen molar-refractivity contribution in [1.82, 2.24) is 14.5 Å². The number of aryl methyl sites for hydroxylation is 2. The standard InChI is InChI=1S/C10H11N3O2/c1-6-11-4-9(13(6)3)10(14)8-5-15-7(2)12-8/h4-5H,1-3H3. The highest BCUT2D eigenvalue weighted by Gasteiger charge is 2.17. The monoisotopic (exact) mass is 205 g/mol. The largest absolute Gasteiger partial charge is 0.449 e. The Morgan fingerprint density at radius 2 is 2.20 bits per heavy atom. The number of hydrogen-bond donors (Lipinski definition) is 0. The average Bonchev–Trinajstić information content (AvgIpc) is 2.75. The Morgan fingerprint density at radius 1 is 1.47 bits per heavy atom. The summed E-state index contributed by atoms with van der Waals surface area (Å²) in [6.45, 7) is 3.54. The smallest absolute Gasteiger partial charge is 0.232 e. The molecule has 78 valence electrons. The number of carbonyl (C=O) groups is 1. The van der Waals surface area contributed by atoms with Crippen LogP contribution in [0.4, 0.5) is 0 Å². The molecule has 0 unspecified atom stereocenters. The Morgan fingerprint density at radius 3 is 2.67 bits per heavy atom. The first-order chi connectivity index (χ1) is 7.09. The molecule has 0 N–H and O–H groups in total. The molecule has 5 heteroatoms. The van der Waals surface area contributed by atoms with Crippen molar-refractivity contribution in [2.75, 3.05) is 0 Å². The summed E-state index contributed by atoms with van der Waals surface area (Å²) in [5, 5.41) is 0. The molecule has 2 rings (SSSR count). The lowest BCUT2D eigenvalue weighted by Gasteiger charge is -1.99. The van der Waals surface area contributed by atoms with Gasteiger partial charge in [-0.2, -0.15) is 0 Å². The van der Waals surface area contributed by atoms with Gasteiger partial charge in [-0.25, -0.2) is 9.97 Å². The van der Waals surface area contributed by atoms with Crippen LogP contribution in [0.1, 0.15) is 27.9 Å². The van der Waals surface area contributed by atoms with Gasteiger partial charge in [0.25, 0.3) is 0 Å². The zero-order valence-electron chi connectivity index (χ0n) is 8.81. The summed E-state index contributed by atoms with van der Waals surface area (Å²) < 4.78 is 6.72. The Hall–Kier alpha value is -1.91. The Labute approximate surface area is 86.8 Å². The predicted octanol–water partition coefficient (Wildman–Crippen LogP) is 1.26. The summed E-state index contributed by atoms with van der Waals surface area (Å²) in [5.41, 5.74) is 0.830. The summed E-state index contributed by atoms with van der Waals surface area (Å²) in [6.07, 6.45) is 2.90. The van der Waals surface area contributed by atoms with E-state index in [1.807, 2.05) is 6.92 Å². The third kappa shape index (κ3) is 1.56. The molecule has 0 aliphatic heterocycles. The van der Waals surface area contributed by atoms with Gasteiger partial charge in [0.2, 0.25) is 5.78 Å². The SMILES string of the molecule is Cc1nc(C(=O)c2cnc(C)n2C)co1. The number of aromatic nitrogens is 3. The second-order valence-corrected chi connectivity index (χ2v) is 3.33. The molecule has 2 heterocycles. The van der Waals surface area contributed by atoms with Gasteiger partial charge in [0.1, 0.15) is 17.8 Å². The fourth-order valence-electron chi connectivity index (χ4n) is 1.31. The second-order valence-electron chi connectivity index (χ2n) is 3.33. The molecule has 0 fully saturated rings. The van der Waals surface area contributed by atoms with E-state index in [1.165, 1.54) is 6.26 Å². The molecule has 0 aromatic carbocycles. The normalized spacial score (nSPS) is 10.6. The van der Waals surface area contributed by atoms with Crippen molar-refractivity contribution >= 4 is 5.78 Å². The van der Waals surface area contributed by atoms with E-state index in [0.717, 1.165) is 5.82 Å². The molecule has 2 aromatic rings. The minimum absolute atomic E-state index is 0.171. The van der Waals surface area contributed by atoms with Crippen LogP contribution in [0.25, 0.3) is 0 Å². The van der Waals surface area contributed by atoms with Gasteiger partial charge in [-0.3, -0.25) is 4.79 Å². The third-order valence-corrected chi connectivity index (χ3v) is 2.30. The van der Waals surface area contributed by atoms with Crippen molar-refractivity contribution < 1.29 is 9.21 Å². The lowest BCUT2D eigenvalue weighted by atomic mass is 10.2. The van der Waals surface area contributed by atoms with Gasteiger partial charge >= 0.3 is 0 Å². The zero-order chi connectivity index (χ0) is 11.0. The number of imidazole rings is 1. The van der Waals surface area contributed by atoms with Crippen LogP contribution in [0, 0.1) is 13.8 Å². The summed E-state index contributed by atoms with van der Waals surface area (Å²) >= 11 is 0. The molecular weight excluding hydrogens is 194 g/mol. The molecule has 2 aromatic heterocycles. The van der Waals surface area contributed by atoms with Crippen molar-refractivity contribution in [3.63, 3.8) is 0 Å². The van der Waals surface area contributed by atoms with Gasteiger partial charge < -0.3 is 8.98 Å². The number of ketones is 1. The summed E-state index contributed by atoms with van der Waals surface area (Å²) in [5.74, 6) is 1.10. The van der Waals surface area contributed by atoms with E-state index >= 15 is 0 Å². The molecule has 15 heavy (non-hydrogen) atoms. The first kappa shape index (κ1) is 9.64. The molecule has 5 nitrogen and oxygen atoms in total. The summed E-state index contributed by atoms with van der Waals surface area (Å²) in [4.78, 5) is 19.9. The van der Waals surface area contributed by atoms with Gasteiger partial charge in [0.05, 0.1) is 6.20 Å². The van der Waals surface area contributed by atoms with Crippen molar-refractivity contribution in [3.8, 4) is 0 Å². The van der Waals surface area contributed by atoms with Crippen LogP contribution in [-0.4, -0.2) is 20.3 Å².